The molecule has 0 saturated carbocycles. The fourth-order valence-electron chi connectivity index (χ4n) is 2.86. The van der Waals surface area contributed by atoms with Gasteiger partial charge in [0.25, 0.3) is 5.91 Å². The Morgan fingerprint density at radius 2 is 1.94 bits per heavy atom. The van der Waals surface area contributed by atoms with Crippen molar-refractivity contribution < 1.29 is 14.0 Å². The van der Waals surface area contributed by atoms with Gasteiger partial charge in [-0.25, -0.2) is 9.37 Å². The molecule has 2 aromatic carbocycles. The maximum atomic E-state index is 13.9. The summed E-state index contributed by atoms with van der Waals surface area (Å²) in [4.78, 5) is 28.8. The predicted octanol–water partition coefficient (Wildman–Crippen LogP) is 4.83. The van der Waals surface area contributed by atoms with Gasteiger partial charge >= 0.3 is 0 Å². The Kier molecular flexibility index (Phi) is 7.78. The number of rotatable bonds is 8. The van der Waals surface area contributed by atoms with Crippen molar-refractivity contribution >= 4 is 63.2 Å². The van der Waals surface area contributed by atoms with Gasteiger partial charge < -0.3 is 10.6 Å². The molecule has 0 saturated heterocycles. The average Bonchev–Trinajstić information content (AvgIpc) is 3.48. The van der Waals surface area contributed by atoms with Gasteiger partial charge in [-0.15, -0.1) is 21.5 Å². The Balaban J connectivity index is 1.55. The van der Waals surface area contributed by atoms with Gasteiger partial charge in [-0.05, 0) is 30.3 Å². The van der Waals surface area contributed by atoms with Crippen molar-refractivity contribution in [3.8, 4) is 5.69 Å². The van der Waals surface area contributed by atoms with Crippen LogP contribution in [0.15, 0.2) is 59.2 Å². The summed E-state index contributed by atoms with van der Waals surface area (Å²) >= 11 is 14.7. The average molecular weight is 537 g/mol. The molecule has 2 heterocycles. The van der Waals surface area contributed by atoms with Crippen LogP contribution < -0.4 is 10.6 Å². The molecule has 2 aromatic heterocycles. The molecule has 0 aliphatic rings. The number of aromatic nitrogens is 4. The third-order valence-electron chi connectivity index (χ3n) is 4.40. The van der Waals surface area contributed by atoms with Gasteiger partial charge in [0.1, 0.15) is 5.82 Å². The van der Waals surface area contributed by atoms with E-state index in [2.05, 4.69) is 25.8 Å². The zero-order valence-corrected chi connectivity index (χ0v) is 20.3. The van der Waals surface area contributed by atoms with E-state index in [1.807, 2.05) is 0 Å². The second-order valence-electron chi connectivity index (χ2n) is 6.67. The van der Waals surface area contributed by atoms with Gasteiger partial charge in [-0.3, -0.25) is 14.2 Å². The molecular weight excluding hydrogens is 522 g/mol. The monoisotopic (exact) mass is 536 g/mol. The van der Waals surface area contributed by atoms with Crippen LogP contribution >= 0.6 is 46.3 Å². The molecule has 13 heteroatoms. The molecule has 8 nitrogen and oxygen atoms in total. The molecular formula is C21H15Cl2FN6O2S2. The van der Waals surface area contributed by atoms with Crippen molar-refractivity contribution in [2.75, 3.05) is 11.1 Å². The number of thioether (sulfide) groups is 1. The second-order valence-corrected chi connectivity index (χ2v) is 9.32. The number of anilines is 1. The Morgan fingerprint density at radius 3 is 2.68 bits per heavy atom. The van der Waals surface area contributed by atoms with E-state index in [9.17, 15) is 14.0 Å². The van der Waals surface area contributed by atoms with Crippen LogP contribution in [0.3, 0.4) is 0 Å². The summed E-state index contributed by atoms with van der Waals surface area (Å²) in [6.07, 6.45) is 1.59. The van der Waals surface area contributed by atoms with Crippen molar-refractivity contribution in [3.63, 3.8) is 0 Å². The zero-order valence-electron chi connectivity index (χ0n) is 17.2. The van der Waals surface area contributed by atoms with Crippen LogP contribution in [-0.2, 0) is 11.3 Å². The van der Waals surface area contributed by atoms with E-state index in [4.69, 9.17) is 23.2 Å². The number of hydrogen-bond acceptors (Lipinski definition) is 7. The first-order valence-corrected chi connectivity index (χ1v) is 12.3. The number of halogens is 3. The van der Waals surface area contributed by atoms with Gasteiger partial charge in [-0.1, -0.05) is 47.1 Å². The molecule has 2 N–H and O–H groups in total. The lowest BCUT2D eigenvalue weighted by atomic mass is 10.2. The van der Waals surface area contributed by atoms with E-state index < -0.39 is 11.7 Å². The fraction of sp³-hybridized carbons (Fsp3) is 0.0952. The van der Waals surface area contributed by atoms with Crippen LogP contribution in [0.2, 0.25) is 10.0 Å². The Hall–Kier alpha value is -2.99. The number of nitrogens with zero attached hydrogens (tertiary/aromatic N) is 4. The number of carbonyl (C=O) groups is 2. The summed E-state index contributed by atoms with van der Waals surface area (Å²) in [5.41, 5.74) is 0.494. The molecule has 0 atom stereocenters. The standard InChI is InChI=1S/C21H15Cl2FN6O2S2/c22-14-6-5-12(9-15(14)23)30-17(10-26-19(32)13-3-1-2-4-16(13)24)28-29-21(30)34-11-18(31)27-20-25-7-8-33-20/h1-9H,10-11H2,(H,26,32)(H,25,27,31). The molecule has 0 bridgehead atoms. The number of amides is 2. The number of benzene rings is 2. The summed E-state index contributed by atoms with van der Waals surface area (Å²) in [7, 11) is 0. The minimum absolute atomic E-state index is 0.0423. The fourth-order valence-corrected chi connectivity index (χ4v) is 4.47. The molecule has 0 fully saturated rings. The maximum Gasteiger partial charge on any atom is 0.254 e. The molecule has 34 heavy (non-hydrogen) atoms. The summed E-state index contributed by atoms with van der Waals surface area (Å²) in [6.45, 7) is -0.0493. The Labute approximate surface area is 211 Å². The van der Waals surface area contributed by atoms with Crippen LogP contribution in [0, 0.1) is 5.82 Å². The van der Waals surface area contributed by atoms with Crippen molar-refractivity contribution in [2.24, 2.45) is 0 Å². The van der Waals surface area contributed by atoms with Gasteiger partial charge in [0.05, 0.1) is 33.6 Å². The van der Waals surface area contributed by atoms with Crippen molar-refractivity contribution in [1.82, 2.24) is 25.1 Å². The lowest BCUT2D eigenvalue weighted by Gasteiger charge is -2.12. The number of nitrogens with one attached hydrogen (secondary N) is 2. The molecule has 0 spiro atoms. The van der Waals surface area contributed by atoms with Crippen molar-refractivity contribution in [3.05, 3.63) is 81.3 Å². The van der Waals surface area contributed by atoms with E-state index in [0.717, 1.165) is 11.8 Å². The second kappa shape index (κ2) is 11.0. The van der Waals surface area contributed by atoms with Gasteiger partial charge in [0.15, 0.2) is 16.1 Å². The number of carbonyl (C=O) groups excluding carboxylic acids is 2. The Bertz CT molecular complexity index is 1330. The zero-order chi connectivity index (χ0) is 24.1. The van der Waals surface area contributed by atoms with Crippen molar-refractivity contribution in [1.29, 1.82) is 0 Å². The van der Waals surface area contributed by atoms with E-state index in [-0.39, 0.29) is 23.8 Å². The van der Waals surface area contributed by atoms with Crippen LogP contribution in [0.5, 0.6) is 0 Å². The number of hydrogen-bond donors (Lipinski definition) is 2. The van der Waals surface area contributed by atoms with Gasteiger partial charge in [-0.2, -0.15) is 0 Å². The minimum Gasteiger partial charge on any atom is -0.345 e. The lowest BCUT2D eigenvalue weighted by molar-refractivity contribution is -0.113. The first-order chi connectivity index (χ1) is 16.4. The van der Waals surface area contributed by atoms with Crippen LogP contribution in [-0.4, -0.2) is 37.3 Å². The van der Waals surface area contributed by atoms with Crippen LogP contribution in [0.4, 0.5) is 9.52 Å². The van der Waals surface area contributed by atoms with E-state index in [1.165, 1.54) is 29.5 Å². The lowest BCUT2D eigenvalue weighted by Crippen LogP contribution is -2.25. The first kappa shape index (κ1) is 24.1. The van der Waals surface area contributed by atoms with E-state index in [1.54, 1.807) is 40.4 Å². The third kappa shape index (κ3) is 5.73. The predicted molar refractivity (Wildman–Crippen MR) is 130 cm³/mol. The topological polar surface area (TPSA) is 102 Å². The molecule has 2 amide bonds. The summed E-state index contributed by atoms with van der Waals surface area (Å²) in [5.74, 6) is -1.10. The minimum atomic E-state index is -0.631. The maximum absolute atomic E-state index is 13.9. The summed E-state index contributed by atoms with van der Waals surface area (Å²) < 4.78 is 15.6. The SMILES string of the molecule is O=C(CSc1nnc(CNC(=O)c2ccccc2F)n1-c1ccc(Cl)c(Cl)c1)Nc1nccs1. The van der Waals surface area contributed by atoms with E-state index >= 15 is 0 Å². The Morgan fingerprint density at radius 1 is 1.12 bits per heavy atom. The largest absolute Gasteiger partial charge is 0.345 e. The van der Waals surface area contributed by atoms with E-state index in [0.29, 0.717) is 31.8 Å². The quantitative estimate of drug-likeness (QED) is 0.312. The highest BCUT2D eigenvalue weighted by Crippen LogP contribution is 2.28. The summed E-state index contributed by atoms with van der Waals surface area (Å²) in [5, 5.41) is 17.0. The van der Waals surface area contributed by atoms with Crippen LogP contribution in [0.1, 0.15) is 16.2 Å². The molecule has 0 aliphatic carbocycles. The summed E-state index contributed by atoms with van der Waals surface area (Å²) in [6, 6.07) is 10.6. The third-order valence-corrected chi connectivity index (χ3v) is 6.75. The molecule has 4 aromatic rings. The highest BCUT2D eigenvalue weighted by atomic mass is 35.5. The van der Waals surface area contributed by atoms with Crippen molar-refractivity contribution in [2.45, 2.75) is 11.7 Å². The molecule has 174 valence electrons. The molecule has 0 unspecified atom stereocenters. The van der Waals surface area contributed by atoms with Gasteiger partial charge in [0.2, 0.25) is 5.91 Å². The smallest absolute Gasteiger partial charge is 0.254 e. The molecule has 4 rings (SSSR count). The first-order valence-electron chi connectivity index (χ1n) is 9.67. The van der Waals surface area contributed by atoms with Crippen LogP contribution in [0.25, 0.3) is 5.69 Å². The molecule has 0 radical (unpaired) electrons. The number of thiazole rings is 1. The van der Waals surface area contributed by atoms with Gasteiger partial charge in [0, 0.05) is 11.6 Å². The highest BCUT2D eigenvalue weighted by Gasteiger charge is 2.19. The highest BCUT2D eigenvalue weighted by molar-refractivity contribution is 7.99. The normalized spacial score (nSPS) is 10.8. The molecule has 0 aliphatic heterocycles.